The van der Waals surface area contributed by atoms with E-state index in [4.69, 9.17) is 11.6 Å². The second-order valence-electron chi connectivity index (χ2n) is 5.21. The SMILES string of the molecule is CC(C)N(C)CCCCNCc1cccc(Cl)c1O. The van der Waals surface area contributed by atoms with E-state index < -0.39 is 0 Å². The Balaban J connectivity index is 2.16. The summed E-state index contributed by atoms with van der Waals surface area (Å²) >= 11 is 5.86. The fraction of sp³-hybridized carbons (Fsp3) is 0.600. The molecular weight excluding hydrogens is 260 g/mol. The van der Waals surface area contributed by atoms with Gasteiger partial charge in [0.2, 0.25) is 0 Å². The zero-order chi connectivity index (χ0) is 14.3. The maximum atomic E-state index is 9.76. The Bertz CT molecular complexity index is 382. The molecule has 0 aliphatic heterocycles. The van der Waals surface area contributed by atoms with Gasteiger partial charge in [0.1, 0.15) is 5.75 Å². The fourth-order valence-electron chi connectivity index (χ4n) is 1.80. The van der Waals surface area contributed by atoms with Crippen LogP contribution in [0, 0.1) is 0 Å². The molecule has 0 heterocycles. The van der Waals surface area contributed by atoms with E-state index in [0.29, 0.717) is 17.6 Å². The Morgan fingerprint density at radius 3 is 2.74 bits per heavy atom. The van der Waals surface area contributed by atoms with Crippen molar-refractivity contribution in [1.82, 2.24) is 10.2 Å². The van der Waals surface area contributed by atoms with E-state index in [1.165, 1.54) is 6.42 Å². The maximum Gasteiger partial charge on any atom is 0.138 e. The van der Waals surface area contributed by atoms with Gasteiger partial charge in [-0.1, -0.05) is 23.7 Å². The van der Waals surface area contributed by atoms with Gasteiger partial charge in [-0.25, -0.2) is 0 Å². The van der Waals surface area contributed by atoms with Crippen molar-refractivity contribution in [3.05, 3.63) is 28.8 Å². The van der Waals surface area contributed by atoms with Crippen molar-refractivity contribution in [3.63, 3.8) is 0 Å². The molecule has 0 unspecified atom stereocenters. The predicted molar refractivity (Wildman–Crippen MR) is 81.8 cm³/mol. The van der Waals surface area contributed by atoms with Gasteiger partial charge in [0, 0.05) is 18.2 Å². The van der Waals surface area contributed by atoms with Crippen LogP contribution in [0.1, 0.15) is 32.3 Å². The summed E-state index contributed by atoms with van der Waals surface area (Å²) in [5, 5.41) is 13.5. The molecule has 0 atom stereocenters. The van der Waals surface area contributed by atoms with Gasteiger partial charge in [-0.2, -0.15) is 0 Å². The number of benzene rings is 1. The van der Waals surface area contributed by atoms with Crippen molar-refractivity contribution in [2.24, 2.45) is 0 Å². The van der Waals surface area contributed by atoms with E-state index in [0.717, 1.165) is 25.1 Å². The van der Waals surface area contributed by atoms with Gasteiger partial charge in [0.15, 0.2) is 0 Å². The molecule has 108 valence electrons. The molecule has 0 aliphatic carbocycles. The summed E-state index contributed by atoms with van der Waals surface area (Å²) in [5.41, 5.74) is 0.854. The van der Waals surface area contributed by atoms with E-state index in [-0.39, 0.29) is 5.75 Å². The Labute approximate surface area is 121 Å². The van der Waals surface area contributed by atoms with Crippen LogP contribution >= 0.6 is 11.6 Å². The molecule has 3 nitrogen and oxygen atoms in total. The van der Waals surface area contributed by atoms with Gasteiger partial charge >= 0.3 is 0 Å². The summed E-state index contributed by atoms with van der Waals surface area (Å²) in [7, 11) is 2.15. The second kappa shape index (κ2) is 8.41. The molecule has 0 fully saturated rings. The standard InChI is InChI=1S/C15H25ClN2O/c1-12(2)18(3)10-5-4-9-17-11-13-7-6-8-14(16)15(13)19/h6-8,12,17,19H,4-5,9-11H2,1-3H3. The summed E-state index contributed by atoms with van der Waals surface area (Å²) < 4.78 is 0. The average Bonchev–Trinajstić information content (AvgIpc) is 2.37. The Morgan fingerprint density at radius 2 is 2.05 bits per heavy atom. The summed E-state index contributed by atoms with van der Waals surface area (Å²) in [6, 6.07) is 6.05. The smallest absolute Gasteiger partial charge is 0.138 e. The molecule has 0 aromatic heterocycles. The molecule has 4 heteroatoms. The van der Waals surface area contributed by atoms with Crippen LogP contribution in [0.3, 0.4) is 0 Å². The van der Waals surface area contributed by atoms with E-state index >= 15 is 0 Å². The highest BCUT2D eigenvalue weighted by Crippen LogP contribution is 2.26. The first-order valence-electron chi connectivity index (χ1n) is 6.89. The van der Waals surface area contributed by atoms with E-state index in [2.05, 4.69) is 31.1 Å². The Morgan fingerprint density at radius 1 is 1.32 bits per heavy atom. The number of phenols is 1. The lowest BCUT2D eigenvalue weighted by Crippen LogP contribution is -2.27. The fourth-order valence-corrected chi connectivity index (χ4v) is 1.99. The number of phenolic OH excluding ortho intramolecular Hbond substituents is 1. The van der Waals surface area contributed by atoms with Crippen LogP contribution in [0.25, 0.3) is 0 Å². The quantitative estimate of drug-likeness (QED) is 0.719. The minimum atomic E-state index is 0.191. The van der Waals surface area contributed by atoms with Gasteiger partial charge in [-0.15, -0.1) is 0 Å². The lowest BCUT2D eigenvalue weighted by molar-refractivity contribution is 0.268. The van der Waals surface area contributed by atoms with Crippen LogP contribution in [0.2, 0.25) is 5.02 Å². The van der Waals surface area contributed by atoms with Crippen molar-refractivity contribution < 1.29 is 5.11 Å². The van der Waals surface area contributed by atoms with Crippen molar-refractivity contribution in [1.29, 1.82) is 0 Å². The van der Waals surface area contributed by atoms with E-state index in [1.54, 1.807) is 6.07 Å². The van der Waals surface area contributed by atoms with Crippen LogP contribution in [0.5, 0.6) is 5.75 Å². The largest absolute Gasteiger partial charge is 0.506 e. The van der Waals surface area contributed by atoms with Crippen molar-refractivity contribution in [2.75, 3.05) is 20.1 Å². The van der Waals surface area contributed by atoms with Crippen LogP contribution in [0.15, 0.2) is 18.2 Å². The first kappa shape index (κ1) is 16.3. The average molecular weight is 285 g/mol. The summed E-state index contributed by atoms with van der Waals surface area (Å²) in [6.07, 6.45) is 2.32. The van der Waals surface area contributed by atoms with Gasteiger partial charge < -0.3 is 15.3 Å². The minimum Gasteiger partial charge on any atom is -0.506 e. The maximum absolute atomic E-state index is 9.76. The second-order valence-corrected chi connectivity index (χ2v) is 5.61. The predicted octanol–water partition coefficient (Wildman–Crippen LogP) is 3.26. The van der Waals surface area contributed by atoms with Crippen molar-refractivity contribution >= 4 is 11.6 Å². The monoisotopic (exact) mass is 284 g/mol. The van der Waals surface area contributed by atoms with Crippen LogP contribution in [-0.4, -0.2) is 36.2 Å². The van der Waals surface area contributed by atoms with Crippen molar-refractivity contribution in [2.45, 2.75) is 39.3 Å². The van der Waals surface area contributed by atoms with Crippen LogP contribution in [0.4, 0.5) is 0 Å². The highest BCUT2D eigenvalue weighted by atomic mass is 35.5. The Kier molecular flexibility index (Phi) is 7.21. The first-order chi connectivity index (χ1) is 9.02. The molecule has 1 aromatic carbocycles. The normalized spacial score (nSPS) is 11.5. The number of nitrogens with zero attached hydrogens (tertiary/aromatic N) is 1. The molecule has 0 spiro atoms. The zero-order valence-electron chi connectivity index (χ0n) is 12.1. The number of rotatable bonds is 8. The molecule has 0 saturated carbocycles. The number of hydrogen-bond donors (Lipinski definition) is 2. The molecule has 1 rings (SSSR count). The highest BCUT2D eigenvalue weighted by molar-refractivity contribution is 6.32. The lowest BCUT2D eigenvalue weighted by Gasteiger charge is -2.20. The topological polar surface area (TPSA) is 35.5 Å². The van der Waals surface area contributed by atoms with Gasteiger partial charge in [0.05, 0.1) is 5.02 Å². The summed E-state index contributed by atoms with van der Waals surface area (Å²) in [6.45, 7) is 7.16. The Hall–Kier alpha value is -0.770. The molecule has 0 radical (unpaired) electrons. The first-order valence-corrected chi connectivity index (χ1v) is 7.27. The van der Waals surface area contributed by atoms with Crippen LogP contribution < -0.4 is 5.32 Å². The molecule has 19 heavy (non-hydrogen) atoms. The number of halogens is 1. The molecule has 1 aromatic rings. The number of nitrogens with one attached hydrogen (secondary N) is 1. The number of para-hydroxylation sites is 1. The van der Waals surface area contributed by atoms with Crippen LogP contribution in [-0.2, 0) is 6.54 Å². The molecular formula is C15H25ClN2O. The van der Waals surface area contributed by atoms with Gasteiger partial charge in [0.25, 0.3) is 0 Å². The number of hydrogen-bond acceptors (Lipinski definition) is 3. The van der Waals surface area contributed by atoms with E-state index in [9.17, 15) is 5.11 Å². The van der Waals surface area contributed by atoms with Gasteiger partial charge in [-0.3, -0.25) is 0 Å². The molecule has 0 saturated heterocycles. The lowest BCUT2D eigenvalue weighted by atomic mass is 10.2. The molecule has 0 amide bonds. The minimum absolute atomic E-state index is 0.191. The highest BCUT2D eigenvalue weighted by Gasteiger charge is 2.04. The molecule has 0 bridgehead atoms. The summed E-state index contributed by atoms with van der Waals surface area (Å²) in [5.74, 6) is 0.191. The number of unbranched alkanes of at least 4 members (excludes halogenated alkanes) is 1. The zero-order valence-corrected chi connectivity index (χ0v) is 12.9. The van der Waals surface area contributed by atoms with Crippen molar-refractivity contribution in [3.8, 4) is 5.75 Å². The molecule has 0 aliphatic rings. The molecule has 2 N–H and O–H groups in total. The third-order valence-electron chi connectivity index (χ3n) is 3.38. The third-order valence-corrected chi connectivity index (χ3v) is 3.69. The third kappa shape index (κ3) is 5.81. The van der Waals surface area contributed by atoms with E-state index in [1.807, 2.05) is 12.1 Å². The number of aromatic hydroxyl groups is 1. The summed E-state index contributed by atoms with van der Waals surface area (Å²) in [4.78, 5) is 2.35. The van der Waals surface area contributed by atoms with Gasteiger partial charge in [-0.05, 0) is 52.9 Å².